The van der Waals surface area contributed by atoms with Gasteiger partial charge in [0, 0.05) is 39.1 Å². The lowest BCUT2D eigenvalue weighted by molar-refractivity contribution is -0.142. The number of hydrogen-bond acceptors (Lipinski definition) is 3. The Morgan fingerprint density at radius 1 is 1.14 bits per heavy atom. The summed E-state index contributed by atoms with van der Waals surface area (Å²) in [5.41, 5.74) is 0.452. The van der Waals surface area contributed by atoms with E-state index in [1.54, 1.807) is 0 Å². The second-order valence-electron chi connectivity index (χ2n) is 7.28. The minimum Gasteiger partial charge on any atom is -0.342 e. The van der Waals surface area contributed by atoms with E-state index in [9.17, 15) is 9.59 Å². The number of carbonyl (C=O) groups excluding carboxylic acids is 2. The Morgan fingerprint density at radius 3 is 2.55 bits per heavy atom. The van der Waals surface area contributed by atoms with Crippen molar-refractivity contribution in [2.24, 2.45) is 11.3 Å². The standard InChI is InChI=1S/C17H29N3O2/c1-2-15(21)20-9-3-4-14(12-20)16(22)19-10-6-17(7-11-19)5-8-18-13-17/h14,18H,2-13H2,1H3. The molecule has 0 bridgehead atoms. The molecule has 0 radical (unpaired) electrons. The summed E-state index contributed by atoms with van der Waals surface area (Å²) < 4.78 is 0. The lowest BCUT2D eigenvalue weighted by Gasteiger charge is -2.41. The van der Waals surface area contributed by atoms with Gasteiger partial charge in [-0.15, -0.1) is 0 Å². The van der Waals surface area contributed by atoms with Crippen LogP contribution in [0.1, 0.15) is 45.4 Å². The van der Waals surface area contributed by atoms with Gasteiger partial charge in [0.05, 0.1) is 5.92 Å². The molecule has 0 aromatic heterocycles. The van der Waals surface area contributed by atoms with Crippen molar-refractivity contribution < 1.29 is 9.59 Å². The number of hydrogen-bond donors (Lipinski definition) is 1. The second kappa shape index (κ2) is 6.57. The topological polar surface area (TPSA) is 52.7 Å². The van der Waals surface area contributed by atoms with Crippen LogP contribution in [0.2, 0.25) is 0 Å². The first-order valence-corrected chi connectivity index (χ1v) is 8.91. The zero-order chi connectivity index (χ0) is 15.6. The van der Waals surface area contributed by atoms with E-state index < -0.39 is 0 Å². The zero-order valence-electron chi connectivity index (χ0n) is 13.8. The fourth-order valence-corrected chi connectivity index (χ4v) is 4.31. The summed E-state index contributed by atoms with van der Waals surface area (Å²) in [4.78, 5) is 28.6. The summed E-state index contributed by atoms with van der Waals surface area (Å²) in [7, 11) is 0. The maximum Gasteiger partial charge on any atom is 0.227 e. The molecule has 1 spiro atoms. The Balaban J connectivity index is 1.54. The first-order valence-electron chi connectivity index (χ1n) is 8.91. The number of nitrogens with one attached hydrogen (secondary N) is 1. The molecule has 5 heteroatoms. The van der Waals surface area contributed by atoms with Crippen LogP contribution in [0.3, 0.4) is 0 Å². The summed E-state index contributed by atoms with van der Waals surface area (Å²) >= 11 is 0. The molecule has 3 heterocycles. The number of amides is 2. The molecule has 5 nitrogen and oxygen atoms in total. The molecule has 22 heavy (non-hydrogen) atoms. The molecule has 124 valence electrons. The van der Waals surface area contributed by atoms with Crippen LogP contribution >= 0.6 is 0 Å². The fraction of sp³-hybridized carbons (Fsp3) is 0.882. The summed E-state index contributed by atoms with van der Waals surface area (Å²) in [5.74, 6) is 0.501. The first-order chi connectivity index (χ1) is 10.6. The second-order valence-corrected chi connectivity index (χ2v) is 7.28. The van der Waals surface area contributed by atoms with E-state index in [1.807, 2.05) is 11.8 Å². The van der Waals surface area contributed by atoms with E-state index in [4.69, 9.17) is 0 Å². The van der Waals surface area contributed by atoms with Crippen molar-refractivity contribution in [3.05, 3.63) is 0 Å². The quantitative estimate of drug-likeness (QED) is 0.835. The van der Waals surface area contributed by atoms with Gasteiger partial charge in [-0.2, -0.15) is 0 Å². The number of nitrogens with zero attached hydrogens (tertiary/aromatic N) is 2. The van der Waals surface area contributed by atoms with Crippen LogP contribution in [-0.4, -0.2) is 60.9 Å². The molecule has 0 aromatic carbocycles. The van der Waals surface area contributed by atoms with E-state index in [2.05, 4.69) is 10.2 Å². The van der Waals surface area contributed by atoms with Crippen LogP contribution in [0.25, 0.3) is 0 Å². The normalized spacial score (nSPS) is 28.1. The average Bonchev–Trinajstić information content (AvgIpc) is 3.02. The van der Waals surface area contributed by atoms with Crippen molar-refractivity contribution in [2.45, 2.75) is 45.4 Å². The highest BCUT2D eigenvalue weighted by Gasteiger charge is 2.39. The Morgan fingerprint density at radius 2 is 1.91 bits per heavy atom. The van der Waals surface area contributed by atoms with Gasteiger partial charge in [0.1, 0.15) is 0 Å². The van der Waals surface area contributed by atoms with Crippen LogP contribution in [0.5, 0.6) is 0 Å². The molecular weight excluding hydrogens is 278 g/mol. The molecule has 1 unspecified atom stereocenters. The molecular formula is C17H29N3O2. The van der Waals surface area contributed by atoms with Gasteiger partial charge in [0.25, 0.3) is 0 Å². The lowest BCUT2D eigenvalue weighted by Crippen LogP contribution is -2.50. The molecule has 1 N–H and O–H groups in total. The van der Waals surface area contributed by atoms with Crippen LogP contribution < -0.4 is 5.32 Å². The zero-order valence-corrected chi connectivity index (χ0v) is 13.8. The molecule has 3 saturated heterocycles. The monoisotopic (exact) mass is 307 g/mol. The average molecular weight is 307 g/mol. The van der Waals surface area contributed by atoms with Crippen molar-refractivity contribution in [2.75, 3.05) is 39.3 Å². The highest BCUT2D eigenvalue weighted by molar-refractivity contribution is 5.81. The number of rotatable bonds is 2. The Kier molecular flexibility index (Phi) is 4.71. The van der Waals surface area contributed by atoms with Crippen molar-refractivity contribution in [3.8, 4) is 0 Å². The van der Waals surface area contributed by atoms with Crippen LogP contribution in [-0.2, 0) is 9.59 Å². The lowest BCUT2D eigenvalue weighted by atomic mass is 9.77. The SMILES string of the molecule is CCC(=O)N1CCCC(C(=O)N2CCC3(CCNC3)CC2)C1. The van der Waals surface area contributed by atoms with Crippen LogP contribution in [0, 0.1) is 11.3 Å². The highest BCUT2D eigenvalue weighted by Crippen LogP contribution is 2.37. The maximum atomic E-state index is 12.8. The van der Waals surface area contributed by atoms with Crippen molar-refractivity contribution in [1.29, 1.82) is 0 Å². The van der Waals surface area contributed by atoms with E-state index in [0.717, 1.165) is 58.4 Å². The summed E-state index contributed by atoms with van der Waals surface area (Å²) in [5, 5.41) is 3.47. The van der Waals surface area contributed by atoms with Crippen LogP contribution in [0.15, 0.2) is 0 Å². The molecule has 0 aliphatic carbocycles. The molecule has 3 fully saturated rings. The summed E-state index contributed by atoms with van der Waals surface area (Å²) in [6.45, 7) is 7.41. The molecule has 3 rings (SSSR count). The summed E-state index contributed by atoms with van der Waals surface area (Å²) in [6.07, 6.45) is 5.98. The Labute approximate surface area is 133 Å². The number of piperidine rings is 2. The fourth-order valence-electron chi connectivity index (χ4n) is 4.31. The van der Waals surface area contributed by atoms with Gasteiger partial charge < -0.3 is 15.1 Å². The van der Waals surface area contributed by atoms with Gasteiger partial charge in [-0.25, -0.2) is 0 Å². The third kappa shape index (κ3) is 3.14. The van der Waals surface area contributed by atoms with E-state index in [-0.39, 0.29) is 17.7 Å². The Bertz CT molecular complexity index is 422. The van der Waals surface area contributed by atoms with Gasteiger partial charge in [0.15, 0.2) is 0 Å². The minimum atomic E-state index is 0.0278. The maximum absolute atomic E-state index is 12.8. The van der Waals surface area contributed by atoms with Gasteiger partial charge in [-0.1, -0.05) is 6.92 Å². The third-order valence-corrected chi connectivity index (χ3v) is 5.89. The van der Waals surface area contributed by atoms with Gasteiger partial charge in [-0.3, -0.25) is 9.59 Å². The number of carbonyl (C=O) groups is 2. The molecule has 2 amide bonds. The minimum absolute atomic E-state index is 0.0278. The van der Waals surface area contributed by atoms with E-state index in [0.29, 0.717) is 18.4 Å². The molecule has 0 saturated carbocycles. The predicted octanol–water partition coefficient (Wildman–Crippen LogP) is 1.24. The summed E-state index contributed by atoms with van der Waals surface area (Å²) in [6, 6.07) is 0. The number of likely N-dealkylation sites (tertiary alicyclic amines) is 2. The molecule has 0 aromatic rings. The smallest absolute Gasteiger partial charge is 0.227 e. The highest BCUT2D eigenvalue weighted by atomic mass is 16.2. The van der Waals surface area contributed by atoms with Crippen molar-refractivity contribution in [3.63, 3.8) is 0 Å². The van der Waals surface area contributed by atoms with Gasteiger partial charge in [0.2, 0.25) is 11.8 Å². The largest absolute Gasteiger partial charge is 0.342 e. The Hall–Kier alpha value is -1.10. The third-order valence-electron chi connectivity index (χ3n) is 5.89. The molecule has 3 aliphatic rings. The van der Waals surface area contributed by atoms with E-state index >= 15 is 0 Å². The van der Waals surface area contributed by atoms with Crippen molar-refractivity contribution >= 4 is 11.8 Å². The first kappa shape index (κ1) is 15.8. The predicted molar refractivity (Wildman–Crippen MR) is 85.3 cm³/mol. The van der Waals surface area contributed by atoms with E-state index in [1.165, 1.54) is 6.42 Å². The van der Waals surface area contributed by atoms with Gasteiger partial charge in [-0.05, 0) is 44.1 Å². The van der Waals surface area contributed by atoms with Crippen molar-refractivity contribution in [1.82, 2.24) is 15.1 Å². The van der Waals surface area contributed by atoms with Crippen LogP contribution in [0.4, 0.5) is 0 Å². The molecule has 1 atom stereocenters. The molecule has 3 aliphatic heterocycles. The van der Waals surface area contributed by atoms with Gasteiger partial charge >= 0.3 is 0 Å².